The van der Waals surface area contributed by atoms with Crippen molar-refractivity contribution in [1.82, 2.24) is 0 Å². The Morgan fingerprint density at radius 2 is 1.40 bits per heavy atom. The van der Waals surface area contributed by atoms with Crippen LogP contribution in [0.4, 0.5) is 0 Å². The van der Waals surface area contributed by atoms with Gasteiger partial charge in [0.1, 0.15) is 0 Å². The van der Waals surface area contributed by atoms with Crippen LogP contribution in [0.15, 0.2) is 12.2 Å². The van der Waals surface area contributed by atoms with Gasteiger partial charge in [0.05, 0.1) is 12.1 Å². The maximum atomic E-state index is 8.99. The standard InChI is InChI=1S/C13H16N2/c14-10-8-12-4-1-2-5-13(12,9-11-15)7-3-6-12/h1-2H,3-9H2. The molecule has 0 bridgehead atoms. The zero-order valence-corrected chi connectivity index (χ0v) is 9.00. The van der Waals surface area contributed by atoms with Crippen LogP contribution in [0.2, 0.25) is 0 Å². The lowest BCUT2D eigenvalue weighted by atomic mass is 9.57. The predicted molar refractivity (Wildman–Crippen MR) is 57.6 cm³/mol. The van der Waals surface area contributed by atoms with Gasteiger partial charge in [0.15, 0.2) is 0 Å². The Kier molecular flexibility index (Phi) is 2.53. The Balaban J connectivity index is 2.36. The molecule has 2 aliphatic rings. The Morgan fingerprint density at radius 1 is 0.933 bits per heavy atom. The van der Waals surface area contributed by atoms with Crippen LogP contribution < -0.4 is 0 Å². The van der Waals surface area contributed by atoms with Gasteiger partial charge in [0.2, 0.25) is 0 Å². The minimum atomic E-state index is 0.117. The summed E-state index contributed by atoms with van der Waals surface area (Å²) in [6.07, 6.45) is 11.1. The first-order valence-electron chi connectivity index (χ1n) is 5.68. The Hall–Kier alpha value is -1.28. The summed E-state index contributed by atoms with van der Waals surface area (Å²) in [5.74, 6) is 0. The molecule has 0 N–H and O–H groups in total. The van der Waals surface area contributed by atoms with Crippen molar-refractivity contribution >= 4 is 0 Å². The molecule has 78 valence electrons. The fraction of sp³-hybridized carbons (Fsp3) is 0.692. The zero-order chi connectivity index (χ0) is 10.8. The third-order valence-electron chi connectivity index (χ3n) is 4.45. The lowest BCUT2D eigenvalue weighted by molar-refractivity contribution is 0.0742. The highest BCUT2D eigenvalue weighted by Crippen LogP contribution is 2.62. The quantitative estimate of drug-likeness (QED) is 0.642. The summed E-state index contributed by atoms with van der Waals surface area (Å²) in [5, 5.41) is 18.0. The van der Waals surface area contributed by atoms with Crippen molar-refractivity contribution in [3.8, 4) is 12.1 Å². The van der Waals surface area contributed by atoms with Crippen molar-refractivity contribution < 1.29 is 0 Å². The predicted octanol–water partition coefficient (Wildman–Crippen LogP) is 3.32. The smallest absolute Gasteiger partial charge is 0.0627 e. The molecule has 0 aliphatic heterocycles. The van der Waals surface area contributed by atoms with Gasteiger partial charge in [-0.05, 0) is 36.5 Å². The minimum Gasteiger partial charge on any atom is -0.198 e. The minimum absolute atomic E-state index is 0.117. The average molecular weight is 200 g/mol. The number of fused-ring (bicyclic) bond motifs is 1. The number of hydrogen-bond acceptors (Lipinski definition) is 2. The Labute approximate surface area is 91.2 Å². The van der Waals surface area contributed by atoms with E-state index in [1.54, 1.807) is 0 Å². The van der Waals surface area contributed by atoms with Crippen LogP contribution in [0.5, 0.6) is 0 Å². The van der Waals surface area contributed by atoms with Gasteiger partial charge in [-0.2, -0.15) is 10.5 Å². The van der Waals surface area contributed by atoms with Gasteiger partial charge < -0.3 is 0 Å². The largest absolute Gasteiger partial charge is 0.198 e. The molecule has 1 saturated carbocycles. The molecule has 2 unspecified atom stereocenters. The van der Waals surface area contributed by atoms with Crippen molar-refractivity contribution in [2.75, 3.05) is 0 Å². The second kappa shape index (κ2) is 3.70. The second-order valence-corrected chi connectivity index (χ2v) is 4.96. The lowest BCUT2D eigenvalue weighted by Crippen LogP contribution is -2.38. The first-order valence-corrected chi connectivity index (χ1v) is 5.68. The van der Waals surface area contributed by atoms with Crippen molar-refractivity contribution in [3.05, 3.63) is 12.2 Å². The van der Waals surface area contributed by atoms with Crippen LogP contribution >= 0.6 is 0 Å². The fourth-order valence-corrected chi connectivity index (χ4v) is 3.55. The maximum Gasteiger partial charge on any atom is 0.0627 e. The van der Waals surface area contributed by atoms with Crippen molar-refractivity contribution in [3.63, 3.8) is 0 Å². The first kappa shape index (κ1) is 10.2. The summed E-state index contributed by atoms with van der Waals surface area (Å²) in [6.45, 7) is 0. The third kappa shape index (κ3) is 1.37. The monoisotopic (exact) mass is 200 g/mol. The molecule has 0 heterocycles. The number of hydrogen-bond donors (Lipinski definition) is 0. The van der Waals surface area contributed by atoms with Crippen molar-refractivity contribution in [2.24, 2.45) is 10.8 Å². The molecule has 2 aliphatic carbocycles. The second-order valence-electron chi connectivity index (χ2n) is 4.96. The van der Waals surface area contributed by atoms with Gasteiger partial charge in [-0.25, -0.2) is 0 Å². The van der Waals surface area contributed by atoms with E-state index < -0.39 is 0 Å². The zero-order valence-electron chi connectivity index (χ0n) is 9.00. The molecule has 2 atom stereocenters. The van der Waals surface area contributed by atoms with Gasteiger partial charge in [0.25, 0.3) is 0 Å². The van der Waals surface area contributed by atoms with Crippen LogP contribution in [0, 0.1) is 33.5 Å². The molecule has 0 amide bonds. The molecule has 0 aromatic carbocycles. The molecule has 15 heavy (non-hydrogen) atoms. The van der Waals surface area contributed by atoms with Gasteiger partial charge >= 0.3 is 0 Å². The lowest BCUT2D eigenvalue weighted by Gasteiger charge is -2.45. The summed E-state index contributed by atoms with van der Waals surface area (Å²) in [6, 6.07) is 4.68. The summed E-state index contributed by atoms with van der Waals surface area (Å²) in [5.41, 5.74) is 0.235. The Morgan fingerprint density at radius 3 is 1.80 bits per heavy atom. The van der Waals surface area contributed by atoms with E-state index in [2.05, 4.69) is 24.3 Å². The van der Waals surface area contributed by atoms with Gasteiger partial charge in [0, 0.05) is 12.8 Å². The van der Waals surface area contributed by atoms with E-state index in [4.69, 9.17) is 10.5 Å². The van der Waals surface area contributed by atoms with E-state index in [0.29, 0.717) is 12.8 Å². The Bertz CT molecular complexity index is 324. The molecule has 0 aromatic heterocycles. The van der Waals surface area contributed by atoms with Crippen molar-refractivity contribution in [2.45, 2.75) is 44.9 Å². The molecule has 1 fully saturated rings. The van der Waals surface area contributed by atoms with Gasteiger partial charge in [-0.15, -0.1) is 0 Å². The molecule has 0 aromatic rings. The summed E-state index contributed by atoms with van der Waals surface area (Å²) in [7, 11) is 0. The highest BCUT2D eigenvalue weighted by Gasteiger charge is 2.53. The molecule has 0 saturated heterocycles. The average Bonchev–Trinajstić information content (AvgIpc) is 2.58. The topological polar surface area (TPSA) is 47.6 Å². The van der Waals surface area contributed by atoms with Gasteiger partial charge in [-0.1, -0.05) is 18.6 Å². The summed E-state index contributed by atoms with van der Waals surface area (Å²) in [4.78, 5) is 0. The third-order valence-corrected chi connectivity index (χ3v) is 4.45. The van der Waals surface area contributed by atoms with E-state index in [1.165, 1.54) is 6.42 Å². The van der Waals surface area contributed by atoms with Crippen LogP contribution in [-0.2, 0) is 0 Å². The molecular formula is C13H16N2. The number of rotatable bonds is 2. The van der Waals surface area contributed by atoms with Crippen LogP contribution in [0.25, 0.3) is 0 Å². The van der Waals surface area contributed by atoms with E-state index in [-0.39, 0.29) is 10.8 Å². The number of nitriles is 2. The number of nitrogens with zero attached hydrogens (tertiary/aromatic N) is 2. The normalized spacial score (nSPS) is 38.0. The first-order chi connectivity index (χ1) is 7.29. The van der Waals surface area contributed by atoms with Gasteiger partial charge in [-0.3, -0.25) is 0 Å². The molecule has 2 heteroatoms. The maximum absolute atomic E-state index is 8.99. The van der Waals surface area contributed by atoms with E-state index >= 15 is 0 Å². The van der Waals surface area contributed by atoms with E-state index in [9.17, 15) is 0 Å². The highest BCUT2D eigenvalue weighted by molar-refractivity contribution is 5.16. The molecule has 0 spiro atoms. The van der Waals surface area contributed by atoms with E-state index in [0.717, 1.165) is 25.7 Å². The highest BCUT2D eigenvalue weighted by atomic mass is 14.6. The van der Waals surface area contributed by atoms with E-state index in [1.807, 2.05) is 0 Å². The van der Waals surface area contributed by atoms with Crippen molar-refractivity contribution in [1.29, 1.82) is 10.5 Å². The van der Waals surface area contributed by atoms with Crippen LogP contribution in [0.3, 0.4) is 0 Å². The fourth-order valence-electron chi connectivity index (χ4n) is 3.55. The number of allylic oxidation sites excluding steroid dienone is 2. The van der Waals surface area contributed by atoms with Crippen LogP contribution in [-0.4, -0.2) is 0 Å². The summed E-state index contributed by atoms with van der Waals surface area (Å²) >= 11 is 0. The molecule has 0 radical (unpaired) electrons. The molecule has 2 rings (SSSR count). The molecular weight excluding hydrogens is 184 g/mol. The summed E-state index contributed by atoms with van der Waals surface area (Å²) < 4.78 is 0. The SMILES string of the molecule is N#CCC12CC=CCC1(CC#N)CCC2. The molecule has 2 nitrogen and oxygen atoms in total. The van der Waals surface area contributed by atoms with Crippen LogP contribution in [0.1, 0.15) is 44.9 Å².